The van der Waals surface area contributed by atoms with E-state index >= 15 is 0 Å². The van der Waals surface area contributed by atoms with Gasteiger partial charge in [-0.05, 0) is 49.1 Å². The Hall–Kier alpha value is -3.35. The molecule has 4 rings (SSSR count). The van der Waals surface area contributed by atoms with Crippen molar-refractivity contribution in [1.29, 1.82) is 0 Å². The Bertz CT molecular complexity index is 1140. The van der Waals surface area contributed by atoms with E-state index in [0.717, 1.165) is 36.2 Å². The van der Waals surface area contributed by atoms with E-state index < -0.39 is 0 Å². The van der Waals surface area contributed by atoms with Crippen LogP contribution in [0.5, 0.6) is 5.88 Å². The minimum Gasteiger partial charge on any atom is -0.480 e. The molecule has 0 bridgehead atoms. The van der Waals surface area contributed by atoms with Crippen molar-refractivity contribution >= 4 is 22.4 Å². The zero-order valence-electron chi connectivity index (χ0n) is 17.4. The van der Waals surface area contributed by atoms with Gasteiger partial charge in [-0.1, -0.05) is 24.3 Å². The van der Waals surface area contributed by atoms with Crippen molar-refractivity contribution in [3.05, 3.63) is 63.9 Å². The summed E-state index contributed by atoms with van der Waals surface area (Å²) < 4.78 is 6.45. The number of ether oxygens (including phenoxy) is 1. The molecular formula is C23H26N4O3. The van der Waals surface area contributed by atoms with Gasteiger partial charge in [0.2, 0.25) is 11.8 Å². The van der Waals surface area contributed by atoms with Gasteiger partial charge >= 0.3 is 0 Å². The Morgan fingerprint density at radius 1 is 1.20 bits per heavy atom. The molecule has 0 spiro atoms. The highest BCUT2D eigenvalue weighted by Crippen LogP contribution is 2.27. The summed E-state index contributed by atoms with van der Waals surface area (Å²) in [4.78, 5) is 27.6. The fourth-order valence-corrected chi connectivity index (χ4v) is 4.02. The number of hydrogen-bond donors (Lipinski definition) is 1. The van der Waals surface area contributed by atoms with Gasteiger partial charge in [-0.3, -0.25) is 9.59 Å². The number of aryl methyl sites for hydroxylation is 1. The summed E-state index contributed by atoms with van der Waals surface area (Å²) in [6.45, 7) is 4.52. The second-order valence-corrected chi connectivity index (χ2v) is 7.44. The van der Waals surface area contributed by atoms with Gasteiger partial charge in [0.1, 0.15) is 6.54 Å². The largest absolute Gasteiger partial charge is 0.480 e. The van der Waals surface area contributed by atoms with Crippen LogP contribution in [-0.4, -0.2) is 35.9 Å². The number of nitrogens with zero attached hydrogens (tertiary/aromatic N) is 3. The highest BCUT2D eigenvalue weighted by molar-refractivity contribution is 5.86. The first kappa shape index (κ1) is 19.9. The number of hydrogen-bond acceptors (Lipinski definition) is 5. The van der Waals surface area contributed by atoms with Crippen LogP contribution in [0.15, 0.2) is 47.3 Å². The zero-order chi connectivity index (χ0) is 21.1. The first-order valence-electron chi connectivity index (χ1n) is 10.3. The van der Waals surface area contributed by atoms with Crippen LogP contribution in [-0.2, 0) is 24.3 Å². The predicted molar refractivity (Wildman–Crippen MR) is 117 cm³/mol. The van der Waals surface area contributed by atoms with Crippen molar-refractivity contribution in [2.75, 3.05) is 25.1 Å². The van der Waals surface area contributed by atoms with E-state index in [9.17, 15) is 9.59 Å². The standard InChI is InChI=1S/C23H26N4O3/c1-3-26-12-6-7-17-13-16(10-11-20(17)26)14-24-21(28)15-27-23(29)19-9-5-4-8-18(19)22(25-27)30-2/h4-5,8-11,13H,3,6-7,12,14-15H2,1-2H3,(H,24,28). The van der Waals surface area contributed by atoms with E-state index in [1.54, 1.807) is 18.2 Å². The van der Waals surface area contributed by atoms with E-state index in [1.807, 2.05) is 6.07 Å². The van der Waals surface area contributed by atoms with Gasteiger partial charge in [-0.2, -0.15) is 0 Å². The number of aromatic nitrogens is 2. The van der Waals surface area contributed by atoms with Crippen LogP contribution >= 0.6 is 0 Å². The van der Waals surface area contributed by atoms with Gasteiger partial charge in [-0.25, -0.2) is 4.68 Å². The zero-order valence-corrected chi connectivity index (χ0v) is 17.4. The van der Waals surface area contributed by atoms with Gasteiger partial charge in [-0.15, -0.1) is 5.10 Å². The molecule has 0 radical (unpaired) electrons. The molecule has 30 heavy (non-hydrogen) atoms. The third-order valence-corrected chi connectivity index (χ3v) is 5.55. The first-order chi connectivity index (χ1) is 14.6. The molecule has 1 aliphatic rings. The van der Waals surface area contributed by atoms with Gasteiger partial charge in [0.05, 0.1) is 17.9 Å². The quantitative estimate of drug-likeness (QED) is 0.681. The minimum absolute atomic E-state index is 0.158. The Morgan fingerprint density at radius 2 is 2.00 bits per heavy atom. The van der Waals surface area contributed by atoms with Gasteiger partial charge in [0, 0.05) is 25.3 Å². The number of amides is 1. The summed E-state index contributed by atoms with van der Waals surface area (Å²) >= 11 is 0. The van der Waals surface area contributed by atoms with E-state index in [2.05, 4.69) is 40.4 Å². The van der Waals surface area contributed by atoms with E-state index in [0.29, 0.717) is 23.2 Å². The number of nitrogens with one attached hydrogen (secondary N) is 1. The number of carbonyl (C=O) groups excluding carboxylic acids is 1. The van der Waals surface area contributed by atoms with Crippen LogP contribution in [0, 0.1) is 0 Å². The van der Waals surface area contributed by atoms with Crippen LogP contribution < -0.4 is 20.5 Å². The highest BCUT2D eigenvalue weighted by atomic mass is 16.5. The van der Waals surface area contributed by atoms with Crippen LogP contribution in [0.2, 0.25) is 0 Å². The van der Waals surface area contributed by atoms with E-state index in [1.165, 1.54) is 18.4 Å². The average molecular weight is 406 g/mol. The molecule has 1 N–H and O–H groups in total. The van der Waals surface area contributed by atoms with Crippen molar-refractivity contribution in [2.24, 2.45) is 0 Å². The van der Waals surface area contributed by atoms with Crippen LogP contribution in [0.3, 0.4) is 0 Å². The fourth-order valence-electron chi connectivity index (χ4n) is 4.02. The summed E-state index contributed by atoms with van der Waals surface area (Å²) in [5.41, 5.74) is 3.36. The third kappa shape index (κ3) is 3.87. The molecule has 7 nitrogen and oxygen atoms in total. The van der Waals surface area contributed by atoms with Crippen molar-refractivity contribution in [1.82, 2.24) is 15.1 Å². The van der Waals surface area contributed by atoms with E-state index in [4.69, 9.17) is 4.74 Å². The molecule has 1 amide bonds. The SMILES string of the molecule is CCN1CCCc2cc(CNC(=O)Cn3nc(OC)c4ccccc4c3=O)ccc21. The second-order valence-electron chi connectivity index (χ2n) is 7.44. The Balaban J connectivity index is 1.47. The summed E-state index contributed by atoms with van der Waals surface area (Å²) in [5.74, 6) is 0.0583. The van der Waals surface area contributed by atoms with Crippen LogP contribution in [0.4, 0.5) is 5.69 Å². The monoisotopic (exact) mass is 406 g/mol. The third-order valence-electron chi connectivity index (χ3n) is 5.55. The summed E-state index contributed by atoms with van der Waals surface area (Å²) in [5, 5.41) is 8.22. The minimum atomic E-state index is -0.310. The molecule has 156 valence electrons. The molecule has 0 saturated carbocycles. The number of fused-ring (bicyclic) bond motifs is 2. The summed E-state index contributed by atoms with van der Waals surface area (Å²) in [7, 11) is 1.50. The number of benzene rings is 2. The predicted octanol–water partition coefficient (Wildman–Crippen LogP) is 2.49. The van der Waals surface area contributed by atoms with Crippen LogP contribution in [0.25, 0.3) is 10.8 Å². The Morgan fingerprint density at radius 3 is 2.77 bits per heavy atom. The van der Waals surface area contributed by atoms with Gasteiger partial charge in [0.15, 0.2) is 0 Å². The highest BCUT2D eigenvalue weighted by Gasteiger charge is 2.16. The van der Waals surface area contributed by atoms with Crippen molar-refractivity contribution in [3.8, 4) is 5.88 Å². The second kappa shape index (κ2) is 8.57. The molecular weight excluding hydrogens is 380 g/mol. The Labute approximate surface area is 175 Å². The van der Waals surface area contributed by atoms with E-state index in [-0.39, 0.29) is 18.0 Å². The lowest BCUT2D eigenvalue weighted by atomic mass is 9.99. The topological polar surface area (TPSA) is 76.5 Å². The molecule has 7 heteroatoms. The molecule has 0 aliphatic carbocycles. The van der Waals surface area contributed by atoms with Crippen molar-refractivity contribution < 1.29 is 9.53 Å². The number of methoxy groups -OCH3 is 1. The lowest BCUT2D eigenvalue weighted by molar-refractivity contribution is -0.122. The molecule has 1 aliphatic heterocycles. The maximum absolute atomic E-state index is 12.7. The molecule has 1 aromatic heterocycles. The van der Waals surface area contributed by atoms with Crippen molar-refractivity contribution in [3.63, 3.8) is 0 Å². The molecule has 2 aromatic carbocycles. The van der Waals surface area contributed by atoms with Crippen LogP contribution in [0.1, 0.15) is 24.5 Å². The Kier molecular flexibility index (Phi) is 5.70. The number of anilines is 1. The fraction of sp³-hybridized carbons (Fsp3) is 0.348. The molecule has 0 fully saturated rings. The molecule has 0 unspecified atom stereocenters. The maximum Gasteiger partial charge on any atom is 0.275 e. The molecule has 3 aromatic rings. The lowest BCUT2D eigenvalue weighted by Gasteiger charge is -2.30. The van der Waals surface area contributed by atoms with Gasteiger partial charge < -0.3 is 15.0 Å². The smallest absolute Gasteiger partial charge is 0.275 e. The average Bonchev–Trinajstić information content (AvgIpc) is 2.79. The summed E-state index contributed by atoms with van der Waals surface area (Å²) in [6.07, 6.45) is 2.21. The number of carbonyl (C=O) groups is 1. The molecule has 0 atom stereocenters. The van der Waals surface area contributed by atoms with Gasteiger partial charge in [0.25, 0.3) is 5.56 Å². The normalized spacial score (nSPS) is 13.2. The first-order valence-corrected chi connectivity index (χ1v) is 10.3. The number of rotatable bonds is 6. The molecule has 2 heterocycles. The summed E-state index contributed by atoms with van der Waals surface area (Å²) in [6, 6.07) is 13.5. The molecule has 0 saturated heterocycles. The lowest BCUT2D eigenvalue weighted by Crippen LogP contribution is -2.33. The van der Waals surface area contributed by atoms with Crippen molar-refractivity contribution in [2.45, 2.75) is 32.9 Å². The maximum atomic E-state index is 12.7.